The third-order valence-corrected chi connectivity index (χ3v) is 12.0. The average Bonchev–Trinajstić information content (AvgIpc) is 3.17. The van der Waals surface area contributed by atoms with Crippen LogP contribution in [0.4, 0.5) is 17.6 Å². The molecule has 0 amide bonds. The molecule has 0 spiro atoms. The van der Waals surface area contributed by atoms with Crippen molar-refractivity contribution in [3.8, 4) is 0 Å². The van der Waals surface area contributed by atoms with Gasteiger partial charge in [-0.25, -0.2) is 31.1 Å². The minimum atomic E-state index is -4.38. The van der Waals surface area contributed by atoms with E-state index in [1.807, 2.05) is 86.8 Å². The van der Waals surface area contributed by atoms with Gasteiger partial charge in [-0.05, 0) is 117 Å². The number of halogens is 4. The van der Waals surface area contributed by atoms with Gasteiger partial charge in [-0.15, -0.1) is 11.8 Å². The van der Waals surface area contributed by atoms with E-state index >= 15 is 0 Å². The summed E-state index contributed by atoms with van der Waals surface area (Å²) in [5.41, 5.74) is 3.06. The van der Waals surface area contributed by atoms with Crippen LogP contribution in [0.15, 0.2) is 92.4 Å². The van der Waals surface area contributed by atoms with Crippen molar-refractivity contribution >= 4 is 67.0 Å². The number of thioether (sulfide) groups is 2. The van der Waals surface area contributed by atoms with Crippen molar-refractivity contribution in [2.45, 2.75) is 138 Å². The maximum absolute atomic E-state index is 13.7. The molecule has 5 N–H and O–H groups in total. The maximum atomic E-state index is 13.7. The molecular weight excluding hydrogens is 1030 g/mol. The number of primary sulfonamides is 1. The first-order valence-corrected chi connectivity index (χ1v) is 26.3. The fraction of sp³-hybridized carbons (Fsp3) is 0.435. The van der Waals surface area contributed by atoms with E-state index in [0.717, 1.165) is 29.2 Å². The number of ether oxygens (including phenoxy) is 1. The number of carbonyl (C=O) groups is 2. The van der Waals surface area contributed by atoms with E-state index < -0.39 is 54.0 Å². The number of hydrogen-bond donors (Lipinski definition) is 3. The fourth-order valence-corrected chi connectivity index (χ4v) is 6.85. The number of esters is 1. The van der Waals surface area contributed by atoms with Crippen molar-refractivity contribution in [3.63, 3.8) is 0 Å². The van der Waals surface area contributed by atoms with E-state index in [1.54, 1.807) is 24.3 Å². The molecule has 0 bridgehead atoms. The van der Waals surface area contributed by atoms with Crippen molar-refractivity contribution in [2.24, 2.45) is 11.0 Å². The zero-order valence-electron chi connectivity index (χ0n) is 42.3. The summed E-state index contributed by atoms with van der Waals surface area (Å²) >= 11 is 0.116. The Labute approximate surface area is 444 Å². The van der Waals surface area contributed by atoms with Crippen LogP contribution in [-0.2, 0) is 71.8 Å². The monoisotopic (exact) mass is 1100 g/mol. The minimum absolute atomic E-state index is 0. The summed E-state index contributed by atoms with van der Waals surface area (Å²) in [6.07, 6.45) is 1.88. The van der Waals surface area contributed by atoms with Crippen molar-refractivity contribution < 1.29 is 101 Å². The Balaban J connectivity index is -0.000000801. The molecule has 14 nitrogen and oxygen atoms in total. The predicted octanol–water partition coefficient (Wildman–Crippen LogP) is 6.15. The topological polar surface area (TPSA) is 256 Å². The molecule has 0 fully saturated rings. The quantitative estimate of drug-likeness (QED) is 0.0274. The molecule has 24 heteroatoms. The fourth-order valence-electron chi connectivity index (χ4n) is 4.69. The van der Waals surface area contributed by atoms with Crippen LogP contribution in [0.5, 0.6) is 0 Å². The number of hydrogen-bond acceptors (Lipinski definition) is 14. The number of carboxylic acid groups (broad SMARTS) is 1. The van der Waals surface area contributed by atoms with Crippen LogP contribution in [0.25, 0.3) is 0 Å². The molecule has 0 aliphatic carbocycles. The van der Waals surface area contributed by atoms with E-state index in [1.165, 1.54) is 60.8 Å². The first-order chi connectivity index (χ1) is 31.0. The maximum Gasteiger partial charge on any atom is 1.00 e. The van der Waals surface area contributed by atoms with E-state index in [-0.39, 0.29) is 79.7 Å². The number of benzene rings is 4. The van der Waals surface area contributed by atoms with Crippen LogP contribution < -0.4 is 45.7 Å². The van der Waals surface area contributed by atoms with E-state index in [2.05, 4.69) is 31.0 Å². The van der Waals surface area contributed by atoms with Gasteiger partial charge in [0, 0.05) is 22.7 Å². The van der Waals surface area contributed by atoms with Gasteiger partial charge in [-0.3, -0.25) is 13.6 Å². The number of sulfonamides is 1. The van der Waals surface area contributed by atoms with Gasteiger partial charge in [0.1, 0.15) is 34.1 Å². The van der Waals surface area contributed by atoms with Crippen LogP contribution >= 0.6 is 23.5 Å². The number of nitrogens with two attached hydrogens (primary N) is 2. The van der Waals surface area contributed by atoms with Gasteiger partial charge in [0.05, 0.1) is 4.90 Å². The summed E-state index contributed by atoms with van der Waals surface area (Å²) < 4.78 is 130. The van der Waals surface area contributed by atoms with Gasteiger partial charge in [-0.2, -0.15) is 18.6 Å². The Morgan fingerprint density at radius 1 is 0.657 bits per heavy atom. The average molecular weight is 1100 g/mol. The largest absolute Gasteiger partial charge is 1.00 e. The molecule has 70 heavy (non-hydrogen) atoms. The van der Waals surface area contributed by atoms with Gasteiger partial charge in [0.25, 0.3) is 0 Å². The molecule has 0 radical (unpaired) electrons. The molecule has 4 aromatic rings. The molecule has 0 saturated carbocycles. The SMILES string of the molecule is CC(=O)OCSc1ccc(C(C)(C)C)cc1F.CC(=O)[O-].CC(C)(C)c1ccc(S(=O)[O-])c(F)c1.CC(C)(C)c1ccc(S(N)(=O)=O)c(F)c1.CSc1ccc(C(C)(C)C)cc1F.NOS(=O)(=O)O.[Na+]. The standard InChI is InChI=1S/C13H17FO2S.C11H15FS.C10H14FNO2S.C10H13FO2S.C2H4O2.H3NO4S.Na/c1-9(15)16-8-17-12-6-5-10(7-11(12)14)13(2,3)4;1-11(2,3)8-5-6-10(13-4)9(12)7-8;1-10(2,3)7-4-5-9(8(11)6-7)15(12,13)14;1-10(2,3)7-4-5-9(14(12)13)8(11)6-7;1-2(3)4;1-5-6(2,3)4;/h5-7H,8H2,1-4H3;5-7H,1-4H3;4-6H,1-3H3,(H2,12,13,14);4-6H,1-3H3,(H,12,13);1H3,(H,3,4);1H2,(H,2,3,4);/q;;;;;;+1/p-2. The van der Waals surface area contributed by atoms with Gasteiger partial charge >= 0.3 is 45.9 Å². The molecule has 4 aromatic carbocycles. The molecule has 390 valence electrons. The Kier molecular flexibility index (Phi) is 31.6. The molecule has 0 aliphatic heterocycles. The van der Waals surface area contributed by atoms with Crippen LogP contribution in [0.3, 0.4) is 0 Å². The smallest absolute Gasteiger partial charge is 0.768 e. The number of carboxylic acids is 1. The van der Waals surface area contributed by atoms with Gasteiger partial charge in [0.15, 0.2) is 0 Å². The van der Waals surface area contributed by atoms with Crippen LogP contribution in [-0.4, -0.2) is 54.3 Å². The van der Waals surface area contributed by atoms with Gasteiger partial charge in [0.2, 0.25) is 10.0 Å². The summed E-state index contributed by atoms with van der Waals surface area (Å²) in [6.45, 7) is 26.2. The predicted molar refractivity (Wildman–Crippen MR) is 261 cm³/mol. The van der Waals surface area contributed by atoms with E-state index in [9.17, 15) is 48.0 Å². The normalized spacial score (nSPS) is 11.9. The Bertz CT molecular complexity index is 2560. The molecular formula is C46H64F4N2NaO12S5-. The molecule has 1 atom stereocenters. The summed E-state index contributed by atoms with van der Waals surface area (Å²) in [5, 5.41) is 13.7. The Hall–Kier alpha value is -2.91. The third kappa shape index (κ3) is 30.2. The van der Waals surface area contributed by atoms with Crippen molar-refractivity contribution in [2.75, 3.05) is 12.2 Å². The summed E-state index contributed by atoms with van der Waals surface area (Å²) in [7, 11) is -8.36. The van der Waals surface area contributed by atoms with Crippen LogP contribution in [0, 0.1) is 23.3 Å². The third-order valence-electron chi connectivity index (χ3n) is 8.50. The molecule has 0 aromatic heterocycles. The van der Waals surface area contributed by atoms with Gasteiger partial charge in [-0.1, -0.05) is 119 Å². The van der Waals surface area contributed by atoms with Gasteiger partial charge < -0.3 is 19.2 Å². The number of carbonyl (C=O) groups excluding carboxylic acids is 2. The molecule has 0 heterocycles. The van der Waals surface area contributed by atoms with E-state index in [0.29, 0.717) is 9.79 Å². The number of rotatable bonds is 7. The summed E-state index contributed by atoms with van der Waals surface area (Å²) in [5.74, 6) is 0.797. The minimum Gasteiger partial charge on any atom is -0.768 e. The first kappa shape index (κ1) is 71.3. The van der Waals surface area contributed by atoms with Crippen molar-refractivity contribution in [3.05, 3.63) is 118 Å². The Morgan fingerprint density at radius 3 is 1.23 bits per heavy atom. The van der Waals surface area contributed by atoms with Crippen LogP contribution in [0.1, 0.15) is 119 Å². The Morgan fingerprint density at radius 2 is 0.971 bits per heavy atom. The second kappa shape index (κ2) is 31.0. The van der Waals surface area contributed by atoms with Crippen molar-refractivity contribution in [1.29, 1.82) is 0 Å². The molecule has 4 rings (SSSR count). The summed E-state index contributed by atoms with van der Waals surface area (Å²) in [6, 6.07) is 18.8. The molecule has 0 saturated heterocycles. The zero-order chi connectivity index (χ0) is 54.7. The first-order valence-electron chi connectivity index (χ1n) is 20.1. The van der Waals surface area contributed by atoms with Crippen molar-refractivity contribution in [1.82, 2.24) is 0 Å². The zero-order valence-corrected chi connectivity index (χ0v) is 48.4. The molecule has 0 aliphatic rings. The summed E-state index contributed by atoms with van der Waals surface area (Å²) in [4.78, 5) is 19.9. The second-order valence-corrected chi connectivity index (χ2v) is 23.8. The second-order valence-electron chi connectivity index (χ2n) is 18.5. The molecule has 1 unspecified atom stereocenters. The van der Waals surface area contributed by atoms with Crippen LogP contribution in [0.2, 0.25) is 0 Å². The van der Waals surface area contributed by atoms with E-state index in [4.69, 9.17) is 24.3 Å². The number of aliphatic carboxylic acids is 1.